The van der Waals surface area contributed by atoms with Gasteiger partial charge < -0.3 is 5.32 Å². The standard InChI is InChI=1S/C25H26N4O3S2/c1-18-19(2)33-25(23(18)16-26)27-24(30)21-9-6-10-22(15-21)34(31,32)29-13-11-28(12-14-29)17-20-7-4-3-5-8-20/h3-10,15H,11-14,17H2,1-2H3,(H,27,30). The summed E-state index contributed by atoms with van der Waals surface area (Å²) in [4.78, 5) is 16.1. The summed E-state index contributed by atoms with van der Waals surface area (Å²) < 4.78 is 28.0. The first kappa shape index (κ1) is 24.1. The van der Waals surface area contributed by atoms with Crippen LogP contribution in [-0.4, -0.2) is 49.7 Å². The van der Waals surface area contributed by atoms with Gasteiger partial charge in [-0.25, -0.2) is 8.42 Å². The molecule has 0 aliphatic carbocycles. The summed E-state index contributed by atoms with van der Waals surface area (Å²) in [6, 6.07) is 18.3. The number of carbonyl (C=O) groups is 1. The number of benzene rings is 2. The Morgan fingerprint density at radius 3 is 2.44 bits per heavy atom. The van der Waals surface area contributed by atoms with Crippen molar-refractivity contribution in [1.82, 2.24) is 9.21 Å². The number of aryl methyl sites for hydroxylation is 1. The third kappa shape index (κ3) is 5.05. The normalized spacial score (nSPS) is 15.1. The summed E-state index contributed by atoms with van der Waals surface area (Å²) in [6.07, 6.45) is 0. The van der Waals surface area contributed by atoms with Gasteiger partial charge in [0, 0.05) is 43.2 Å². The molecule has 34 heavy (non-hydrogen) atoms. The maximum atomic E-state index is 13.3. The molecule has 2 heterocycles. The number of hydrogen-bond donors (Lipinski definition) is 1. The van der Waals surface area contributed by atoms with Crippen molar-refractivity contribution >= 4 is 32.3 Å². The Balaban J connectivity index is 1.45. The summed E-state index contributed by atoms with van der Waals surface area (Å²) in [5, 5.41) is 12.7. The molecule has 4 rings (SSSR count). The molecule has 1 aliphatic rings. The van der Waals surface area contributed by atoms with E-state index in [0.29, 0.717) is 36.7 Å². The Hall–Kier alpha value is -3.03. The predicted octanol–water partition coefficient (Wildman–Crippen LogP) is 4.00. The number of nitrogens with one attached hydrogen (secondary N) is 1. The molecule has 0 saturated carbocycles. The maximum absolute atomic E-state index is 13.3. The van der Waals surface area contributed by atoms with E-state index in [1.807, 2.05) is 32.0 Å². The van der Waals surface area contributed by atoms with E-state index in [2.05, 4.69) is 28.4 Å². The van der Waals surface area contributed by atoms with Crippen molar-refractivity contribution in [2.24, 2.45) is 0 Å². The van der Waals surface area contributed by atoms with Gasteiger partial charge in [0.1, 0.15) is 11.1 Å². The molecule has 0 radical (unpaired) electrons. The Morgan fingerprint density at radius 2 is 1.76 bits per heavy atom. The van der Waals surface area contributed by atoms with E-state index in [0.717, 1.165) is 17.0 Å². The summed E-state index contributed by atoms with van der Waals surface area (Å²) in [5.41, 5.74) is 2.71. The molecule has 1 aromatic heterocycles. The van der Waals surface area contributed by atoms with Gasteiger partial charge in [-0.15, -0.1) is 11.3 Å². The number of nitriles is 1. The van der Waals surface area contributed by atoms with Gasteiger partial charge in [0.15, 0.2) is 0 Å². The smallest absolute Gasteiger partial charge is 0.256 e. The van der Waals surface area contributed by atoms with Crippen molar-refractivity contribution in [1.29, 1.82) is 5.26 Å². The van der Waals surface area contributed by atoms with E-state index < -0.39 is 15.9 Å². The second-order valence-electron chi connectivity index (χ2n) is 8.25. The molecule has 1 fully saturated rings. The number of thiophene rings is 1. The van der Waals surface area contributed by atoms with Gasteiger partial charge in [0.25, 0.3) is 5.91 Å². The number of nitrogens with zero attached hydrogens (tertiary/aromatic N) is 3. The number of anilines is 1. The molecule has 1 aliphatic heterocycles. The van der Waals surface area contributed by atoms with Crippen molar-refractivity contribution in [3.63, 3.8) is 0 Å². The van der Waals surface area contributed by atoms with Crippen LogP contribution >= 0.6 is 11.3 Å². The highest BCUT2D eigenvalue weighted by atomic mass is 32.2. The molecule has 7 nitrogen and oxygen atoms in total. The first-order valence-electron chi connectivity index (χ1n) is 11.0. The predicted molar refractivity (Wildman–Crippen MR) is 133 cm³/mol. The van der Waals surface area contributed by atoms with Gasteiger partial charge >= 0.3 is 0 Å². The zero-order valence-corrected chi connectivity index (χ0v) is 20.7. The van der Waals surface area contributed by atoms with Gasteiger partial charge in [-0.2, -0.15) is 9.57 Å². The van der Waals surface area contributed by atoms with Crippen molar-refractivity contribution in [3.05, 3.63) is 81.7 Å². The molecule has 176 valence electrons. The van der Waals surface area contributed by atoms with Crippen LogP contribution in [-0.2, 0) is 16.6 Å². The van der Waals surface area contributed by atoms with Crippen LogP contribution in [0.4, 0.5) is 5.00 Å². The highest BCUT2D eigenvalue weighted by molar-refractivity contribution is 7.89. The molecule has 1 amide bonds. The summed E-state index contributed by atoms with van der Waals surface area (Å²) in [7, 11) is -3.73. The highest BCUT2D eigenvalue weighted by Gasteiger charge is 2.29. The lowest BCUT2D eigenvalue weighted by atomic mass is 10.2. The van der Waals surface area contributed by atoms with E-state index in [-0.39, 0.29) is 10.5 Å². The monoisotopic (exact) mass is 494 g/mol. The third-order valence-corrected chi connectivity index (χ3v) is 9.06. The lowest BCUT2D eigenvalue weighted by Gasteiger charge is -2.34. The minimum atomic E-state index is -3.73. The Kier molecular flexibility index (Phi) is 7.14. The van der Waals surface area contributed by atoms with Crippen molar-refractivity contribution in [2.45, 2.75) is 25.3 Å². The van der Waals surface area contributed by atoms with Crippen LogP contribution in [0.15, 0.2) is 59.5 Å². The van der Waals surface area contributed by atoms with Crippen LogP contribution < -0.4 is 5.32 Å². The molecule has 3 aromatic rings. The molecule has 2 aromatic carbocycles. The van der Waals surface area contributed by atoms with Crippen LogP contribution in [0.2, 0.25) is 0 Å². The number of hydrogen-bond acceptors (Lipinski definition) is 6. The second kappa shape index (κ2) is 10.1. The van der Waals surface area contributed by atoms with Gasteiger partial charge in [-0.1, -0.05) is 36.4 Å². The van der Waals surface area contributed by atoms with Crippen molar-refractivity contribution < 1.29 is 13.2 Å². The number of rotatable bonds is 6. The Morgan fingerprint density at radius 1 is 1.06 bits per heavy atom. The Bertz CT molecular complexity index is 1340. The molecular weight excluding hydrogens is 468 g/mol. The lowest BCUT2D eigenvalue weighted by molar-refractivity contribution is 0.102. The number of carbonyl (C=O) groups excluding carboxylic acids is 1. The second-order valence-corrected chi connectivity index (χ2v) is 11.4. The van der Waals surface area contributed by atoms with Crippen molar-refractivity contribution in [3.8, 4) is 6.07 Å². The lowest BCUT2D eigenvalue weighted by Crippen LogP contribution is -2.48. The topological polar surface area (TPSA) is 93.5 Å². The molecule has 0 bridgehead atoms. The average molecular weight is 495 g/mol. The zero-order chi connectivity index (χ0) is 24.3. The third-order valence-electron chi connectivity index (χ3n) is 6.04. The van der Waals surface area contributed by atoms with Crippen LogP contribution in [0.1, 0.15) is 31.9 Å². The van der Waals surface area contributed by atoms with E-state index in [1.54, 1.807) is 12.1 Å². The molecule has 1 N–H and O–H groups in total. The van der Waals surface area contributed by atoms with Crippen LogP contribution in [0.25, 0.3) is 0 Å². The first-order valence-corrected chi connectivity index (χ1v) is 13.2. The van der Waals surface area contributed by atoms with Gasteiger partial charge in [0.05, 0.1) is 10.5 Å². The highest BCUT2D eigenvalue weighted by Crippen LogP contribution is 2.32. The fraction of sp³-hybridized carbons (Fsp3) is 0.280. The van der Waals surface area contributed by atoms with Crippen LogP contribution in [0, 0.1) is 25.2 Å². The maximum Gasteiger partial charge on any atom is 0.256 e. The molecule has 0 unspecified atom stereocenters. The largest absolute Gasteiger partial charge is 0.312 e. The quantitative estimate of drug-likeness (QED) is 0.559. The first-order chi connectivity index (χ1) is 16.3. The van der Waals surface area contributed by atoms with Gasteiger partial charge in [-0.3, -0.25) is 9.69 Å². The summed E-state index contributed by atoms with van der Waals surface area (Å²) in [6.45, 7) is 6.59. The SMILES string of the molecule is Cc1sc(NC(=O)c2cccc(S(=O)(=O)N3CCN(Cc4ccccc4)CC3)c2)c(C#N)c1C. The average Bonchev–Trinajstić information content (AvgIpc) is 3.12. The van der Waals surface area contributed by atoms with Crippen molar-refractivity contribution in [2.75, 3.05) is 31.5 Å². The molecule has 1 saturated heterocycles. The van der Waals surface area contributed by atoms with E-state index in [1.165, 1.54) is 33.3 Å². The minimum Gasteiger partial charge on any atom is -0.312 e. The molecule has 0 spiro atoms. The molecule has 0 atom stereocenters. The summed E-state index contributed by atoms with van der Waals surface area (Å²) >= 11 is 1.34. The molecular formula is C25H26N4O3S2. The van der Waals surface area contributed by atoms with E-state index in [9.17, 15) is 18.5 Å². The summed E-state index contributed by atoms with van der Waals surface area (Å²) in [5.74, 6) is -0.442. The van der Waals surface area contributed by atoms with Gasteiger partial charge in [-0.05, 0) is 43.2 Å². The van der Waals surface area contributed by atoms with Crippen LogP contribution in [0.3, 0.4) is 0 Å². The minimum absolute atomic E-state index is 0.0932. The van der Waals surface area contributed by atoms with E-state index >= 15 is 0 Å². The number of sulfonamides is 1. The van der Waals surface area contributed by atoms with Gasteiger partial charge in [0.2, 0.25) is 10.0 Å². The fourth-order valence-electron chi connectivity index (χ4n) is 3.94. The molecule has 9 heteroatoms. The number of piperazine rings is 1. The van der Waals surface area contributed by atoms with Crippen LogP contribution in [0.5, 0.6) is 0 Å². The number of amides is 1. The zero-order valence-electron chi connectivity index (χ0n) is 19.1. The fourth-order valence-corrected chi connectivity index (χ4v) is 6.42. The van der Waals surface area contributed by atoms with E-state index in [4.69, 9.17) is 0 Å². The Labute approximate surface area is 204 Å².